The molecule has 0 spiro atoms. The maximum atomic E-state index is 13.7. The number of fused-ring (bicyclic) bond motifs is 2. The molecule has 6 nitrogen and oxygen atoms in total. The summed E-state index contributed by atoms with van der Waals surface area (Å²) in [5.74, 6) is -4.16. The van der Waals surface area contributed by atoms with Gasteiger partial charge in [0.15, 0.2) is 5.41 Å². The maximum absolute atomic E-state index is 13.7. The number of hydrogen-bond donors (Lipinski definition) is 2. The Bertz CT molecular complexity index is 1010. The number of carbonyl (C=O) groups is 2. The summed E-state index contributed by atoms with van der Waals surface area (Å²) in [5.41, 5.74) is 0.527. The van der Waals surface area contributed by atoms with Crippen molar-refractivity contribution in [1.82, 2.24) is 0 Å². The second-order valence-electron chi connectivity index (χ2n) is 7.57. The van der Waals surface area contributed by atoms with Gasteiger partial charge in [-0.2, -0.15) is 0 Å². The van der Waals surface area contributed by atoms with Crippen LogP contribution in [0.5, 0.6) is 0 Å². The molecule has 31 heavy (non-hydrogen) atoms. The van der Waals surface area contributed by atoms with E-state index in [0.717, 1.165) is 0 Å². The normalized spacial score (nSPS) is 19.2. The number of rotatable bonds is 6. The number of hydrogen-bond acceptors (Lipinski definition) is 6. The number of aliphatic hydroxyl groups is 2. The third-order valence-corrected chi connectivity index (χ3v) is 5.95. The highest BCUT2D eigenvalue weighted by molar-refractivity contribution is 6.05. The Hall–Kier alpha value is -3.54. The number of allylic oxidation sites excluding steroid dienone is 2. The third-order valence-electron chi connectivity index (χ3n) is 5.95. The Balaban J connectivity index is 2.04. The zero-order valence-electron chi connectivity index (χ0n) is 17.4. The lowest BCUT2D eigenvalue weighted by Crippen LogP contribution is -2.51. The van der Waals surface area contributed by atoms with Crippen LogP contribution in [0.15, 0.2) is 60.0 Å². The van der Waals surface area contributed by atoms with Crippen LogP contribution in [0.4, 0.5) is 0 Å². The molecule has 2 aromatic carbocycles. The van der Waals surface area contributed by atoms with E-state index in [2.05, 4.69) is 0 Å². The van der Waals surface area contributed by atoms with E-state index in [0.29, 0.717) is 22.3 Å². The van der Waals surface area contributed by atoms with Gasteiger partial charge >= 0.3 is 11.9 Å². The van der Waals surface area contributed by atoms with Crippen molar-refractivity contribution in [2.24, 2.45) is 5.41 Å². The summed E-state index contributed by atoms with van der Waals surface area (Å²) in [7, 11) is 0. The van der Waals surface area contributed by atoms with Crippen molar-refractivity contribution in [3.05, 3.63) is 82.3 Å². The maximum Gasteiger partial charge on any atom is 0.325 e. The number of aliphatic hydroxyl groups excluding tert-OH is 2. The van der Waals surface area contributed by atoms with E-state index in [1.165, 1.54) is 12.2 Å². The van der Waals surface area contributed by atoms with Crippen molar-refractivity contribution in [3.63, 3.8) is 0 Å². The van der Waals surface area contributed by atoms with E-state index in [1.54, 1.807) is 50.2 Å². The molecule has 0 saturated heterocycles. The van der Waals surface area contributed by atoms with Gasteiger partial charge in [-0.3, -0.25) is 9.59 Å². The zero-order chi connectivity index (χ0) is 22.2. The fourth-order valence-corrected chi connectivity index (χ4v) is 4.79. The molecule has 2 N–H and O–H groups in total. The minimum Gasteiger partial charge on any atom is -0.512 e. The minimum absolute atomic E-state index is 0.0255. The average molecular weight is 420 g/mol. The van der Waals surface area contributed by atoms with Crippen LogP contribution < -0.4 is 0 Å². The van der Waals surface area contributed by atoms with Gasteiger partial charge in [-0.1, -0.05) is 48.5 Å². The molecular weight excluding hydrogens is 396 g/mol. The summed E-state index contributed by atoms with van der Waals surface area (Å²) in [6.07, 6.45) is 3.07. The van der Waals surface area contributed by atoms with Crippen LogP contribution in [0.3, 0.4) is 0 Å². The van der Waals surface area contributed by atoms with Crippen LogP contribution in [0.25, 0.3) is 12.2 Å². The van der Waals surface area contributed by atoms with Gasteiger partial charge in [0.1, 0.15) is 11.5 Å². The molecule has 2 atom stereocenters. The van der Waals surface area contributed by atoms with E-state index in [4.69, 9.17) is 9.47 Å². The lowest BCUT2D eigenvalue weighted by atomic mass is 9.62. The summed E-state index contributed by atoms with van der Waals surface area (Å²) < 4.78 is 10.8. The molecular formula is C25H24O6. The zero-order valence-corrected chi connectivity index (χ0v) is 17.4. The number of carbonyl (C=O) groups excluding carboxylic acids is 2. The number of esters is 2. The predicted octanol–water partition coefficient (Wildman–Crippen LogP) is 4.49. The van der Waals surface area contributed by atoms with Crippen molar-refractivity contribution in [1.29, 1.82) is 0 Å². The van der Waals surface area contributed by atoms with Gasteiger partial charge in [0.2, 0.25) is 0 Å². The largest absolute Gasteiger partial charge is 0.512 e. The van der Waals surface area contributed by atoms with Gasteiger partial charge in [-0.25, -0.2) is 0 Å². The SMILES string of the molecule is CCOC(=O)C(C(=O)OCC)(C1C(O)=Cc2ccccc21)C1C(O)=Cc2ccccc21. The lowest BCUT2D eigenvalue weighted by molar-refractivity contribution is -0.176. The molecule has 6 heteroatoms. The summed E-state index contributed by atoms with van der Waals surface area (Å²) in [6.45, 7) is 3.34. The first-order valence-electron chi connectivity index (χ1n) is 10.3. The Morgan fingerprint density at radius 3 is 1.55 bits per heavy atom. The van der Waals surface area contributed by atoms with Gasteiger partial charge < -0.3 is 19.7 Å². The topological polar surface area (TPSA) is 93.1 Å². The van der Waals surface area contributed by atoms with Crippen LogP contribution in [-0.4, -0.2) is 35.4 Å². The van der Waals surface area contributed by atoms with Crippen LogP contribution >= 0.6 is 0 Å². The Morgan fingerprint density at radius 1 is 0.774 bits per heavy atom. The molecule has 0 bridgehead atoms. The molecule has 0 aliphatic heterocycles. The van der Waals surface area contributed by atoms with Gasteiger partial charge in [-0.15, -0.1) is 0 Å². The summed E-state index contributed by atoms with van der Waals surface area (Å²) in [6, 6.07) is 14.3. The lowest BCUT2D eigenvalue weighted by Gasteiger charge is -2.39. The van der Waals surface area contributed by atoms with Crippen LogP contribution in [-0.2, 0) is 19.1 Å². The highest BCUT2D eigenvalue weighted by Gasteiger charge is 2.65. The standard InChI is InChI=1S/C25H24O6/c1-3-30-23(28)25(24(29)31-4-2,21-17-11-7-5-9-15(17)13-19(21)26)22-18-12-8-6-10-16(18)14-20(22)27/h5-14,21-22,26-27H,3-4H2,1-2H3. The fraction of sp³-hybridized carbons (Fsp3) is 0.280. The van der Waals surface area contributed by atoms with Crippen molar-refractivity contribution in [2.45, 2.75) is 25.7 Å². The Morgan fingerprint density at radius 2 is 1.16 bits per heavy atom. The average Bonchev–Trinajstić information content (AvgIpc) is 3.26. The van der Waals surface area contributed by atoms with Crippen molar-refractivity contribution in [2.75, 3.05) is 13.2 Å². The van der Waals surface area contributed by atoms with E-state index in [-0.39, 0.29) is 24.7 Å². The van der Waals surface area contributed by atoms with Gasteiger partial charge in [-0.05, 0) is 48.3 Å². The van der Waals surface area contributed by atoms with Crippen LogP contribution in [0.2, 0.25) is 0 Å². The smallest absolute Gasteiger partial charge is 0.325 e. The first-order valence-corrected chi connectivity index (χ1v) is 10.3. The Labute approximate surface area is 180 Å². The second-order valence-corrected chi connectivity index (χ2v) is 7.57. The molecule has 4 rings (SSSR count). The molecule has 160 valence electrons. The van der Waals surface area contributed by atoms with E-state index >= 15 is 0 Å². The van der Waals surface area contributed by atoms with Gasteiger partial charge in [0.25, 0.3) is 0 Å². The minimum atomic E-state index is -2.05. The summed E-state index contributed by atoms with van der Waals surface area (Å²) in [5, 5.41) is 22.0. The summed E-state index contributed by atoms with van der Waals surface area (Å²) >= 11 is 0. The molecule has 2 aliphatic carbocycles. The predicted molar refractivity (Wildman–Crippen MR) is 115 cm³/mol. The highest BCUT2D eigenvalue weighted by Crippen LogP contribution is 2.59. The third kappa shape index (κ3) is 3.02. The fourth-order valence-electron chi connectivity index (χ4n) is 4.79. The number of benzene rings is 2. The molecule has 0 amide bonds. The molecule has 2 aromatic rings. The van der Waals surface area contributed by atoms with Crippen LogP contribution in [0, 0.1) is 5.41 Å². The quantitative estimate of drug-likeness (QED) is 0.528. The molecule has 0 aromatic heterocycles. The first kappa shape index (κ1) is 20.7. The Kier molecular flexibility index (Phi) is 5.31. The summed E-state index contributed by atoms with van der Waals surface area (Å²) in [4.78, 5) is 27.3. The van der Waals surface area contributed by atoms with Crippen molar-refractivity contribution in [3.8, 4) is 0 Å². The van der Waals surface area contributed by atoms with E-state index in [9.17, 15) is 19.8 Å². The monoisotopic (exact) mass is 420 g/mol. The first-order chi connectivity index (χ1) is 15.0. The molecule has 0 heterocycles. The second kappa shape index (κ2) is 7.95. The van der Waals surface area contributed by atoms with E-state index < -0.39 is 29.2 Å². The highest BCUT2D eigenvalue weighted by atomic mass is 16.6. The van der Waals surface area contributed by atoms with E-state index in [1.807, 2.05) is 12.1 Å². The van der Waals surface area contributed by atoms with Gasteiger partial charge in [0, 0.05) is 0 Å². The molecule has 0 saturated carbocycles. The van der Waals surface area contributed by atoms with Crippen molar-refractivity contribution >= 4 is 24.1 Å². The molecule has 2 unspecified atom stereocenters. The molecule has 0 radical (unpaired) electrons. The van der Waals surface area contributed by atoms with Crippen molar-refractivity contribution < 1.29 is 29.3 Å². The van der Waals surface area contributed by atoms with Crippen LogP contribution in [0.1, 0.15) is 47.9 Å². The van der Waals surface area contributed by atoms with Gasteiger partial charge in [0.05, 0.1) is 25.0 Å². The number of ether oxygens (including phenoxy) is 2. The molecule has 0 fully saturated rings. The molecule has 2 aliphatic rings.